The molecule has 1 fully saturated rings. The summed E-state index contributed by atoms with van der Waals surface area (Å²) in [4.78, 5) is 36.1. The van der Waals surface area contributed by atoms with Crippen LogP contribution in [0.1, 0.15) is 0 Å². The van der Waals surface area contributed by atoms with Crippen molar-refractivity contribution in [2.75, 3.05) is 48.7 Å². The van der Waals surface area contributed by atoms with Crippen molar-refractivity contribution >= 4 is 29.1 Å². The summed E-state index contributed by atoms with van der Waals surface area (Å²) in [6.07, 6.45) is 4.55. The number of rotatable bonds is 6. The molecule has 1 aliphatic heterocycles. The molecule has 3 N–H and O–H groups in total. The Labute approximate surface area is 162 Å². The van der Waals surface area contributed by atoms with Crippen molar-refractivity contribution in [3.63, 3.8) is 0 Å². The van der Waals surface area contributed by atoms with Crippen LogP contribution in [0.15, 0.2) is 49.3 Å². The number of aromatic nitrogens is 2. The minimum absolute atomic E-state index is 0.0966. The van der Waals surface area contributed by atoms with Gasteiger partial charge in [-0.05, 0) is 24.3 Å². The van der Waals surface area contributed by atoms with Crippen LogP contribution in [0.2, 0.25) is 0 Å². The van der Waals surface area contributed by atoms with Crippen LogP contribution in [0.5, 0.6) is 5.75 Å². The number of nitrogens with zero attached hydrogens (tertiary/aromatic N) is 4. The Kier molecular flexibility index (Phi) is 6.05. The Bertz CT molecular complexity index is 850. The van der Waals surface area contributed by atoms with Crippen LogP contribution in [-0.4, -0.2) is 59.5 Å². The predicted octanol–water partition coefficient (Wildman–Crippen LogP) is 0.911. The standard InChI is InChI=1S/C19H22N6O3/c1-2-17(26)23-16-12-14(4-5-15(16)20)28-13-18(27)24-8-10-25(11-9-24)19-21-6-3-7-22-19/h2-7,12H,1,8-11,13,20H2,(H,23,26). The van der Waals surface area contributed by atoms with Gasteiger partial charge in [0, 0.05) is 44.6 Å². The molecule has 1 aromatic carbocycles. The molecule has 2 heterocycles. The van der Waals surface area contributed by atoms with Crippen LogP contribution in [0.3, 0.4) is 0 Å². The van der Waals surface area contributed by atoms with Crippen LogP contribution in [0.4, 0.5) is 17.3 Å². The average molecular weight is 382 g/mol. The molecule has 3 rings (SSSR count). The molecule has 0 bridgehead atoms. The van der Waals surface area contributed by atoms with Crippen molar-refractivity contribution in [1.82, 2.24) is 14.9 Å². The first-order valence-electron chi connectivity index (χ1n) is 8.82. The fourth-order valence-corrected chi connectivity index (χ4v) is 2.76. The summed E-state index contributed by atoms with van der Waals surface area (Å²) in [5.41, 5.74) is 6.64. The van der Waals surface area contributed by atoms with Gasteiger partial charge in [-0.25, -0.2) is 9.97 Å². The molecule has 0 atom stereocenters. The van der Waals surface area contributed by atoms with Gasteiger partial charge in [0.2, 0.25) is 11.9 Å². The van der Waals surface area contributed by atoms with Crippen molar-refractivity contribution in [2.45, 2.75) is 0 Å². The van der Waals surface area contributed by atoms with Gasteiger partial charge in [0.15, 0.2) is 6.61 Å². The molecule has 1 saturated heterocycles. The number of ether oxygens (including phenoxy) is 1. The third kappa shape index (κ3) is 4.76. The number of nitrogens with two attached hydrogens (primary N) is 1. The van der Waals surface area contributed by atoms with Gasteiger partial charge in [-0.3, -0.25) is 9.59 Å². The van der Waals surface area contributed by atoms with E-state index in [1.54, 1.807) is 41.6 Å². The number of benzene rings is 1. The summed E-state index contributed by atoms with van der Waals surface area (Å²) < 4.78 is 5.58. The van der Waals surface area contributed by atoms with Gasteiger partial charge in [-0.2, -0.15) is 0 Å². The van der Waals surface area contributed by atoms with E-state index in [9.17, 15) is 9.59 Å². The smallest absolute Gasteiger partial charge is 0.260 e. The second-order valence-electron chi connectivity index (χ2n) is 6.15. The van der Waals surface area contributed by atoms with E-state index in [0.29, 0.717) is 49.3 Å². The van der Waals surface area contributed by atoms with Crippen molar-refractivity contribution in [3.8, 4) is 5.75 Å². The molecule has 2 amide bonds. The lowest BCUT2D eigenvalue weighted by molar-refractivity contribution is -0.133. The fourth-order valence-electron chi connectivity index (χ4n) is 2.76. The first-order chi connectivity index (χ1) is 13.6. The Balaban J connectivity index is 1.51. The molecule has 0 aliphatic carbocycles. The lowest BCUT2D eigenvalue weighted by Crippen LogP contribution is -2.50. The average Bonchev–Trinajstić information content (AvgIpc) is 2.74. The molecule has 9 nitrogen and oxygen atoms in total. The van der Waals surface area contributed by atoms with E-state index in [1.165, 1.54) is 0 Å². The molecule has 0 radical (unpaired) electrons. The highest BCUT2D eigenvalue weighted by molar-refractivity contribution is 6.01. The number of piperazine rings is 1. The molecule has 146 valence electrons. The largest absolute Gasteiger partial charge is 0.484 e. The molecule has 0 spiro atoms. The maximum atomic E-state index is 12.4. The summed E-state index contributed by atoms with van der Waals surface area (Å²) in [6, 6.07) is 6.61. The van der Waals surface area contributed by atoms with Crippen molar-refractivity contribution in [2.24, 2.45) is 0 Å². The van der Waals surface area contributed by atoms with Crippen LogP contribution in [0.25, 0.3) is 0 Å². The van der Waals surface area contributed by atoms with E-state index >= 15 is 0 Å². The summed E-state index contributed by atoms with van der Waals surface area (Å²) in [6.45, 7) is 5.77. The van der Waals surface area contributed by atoms with Gasteiger partial charge in [0.25, 0.3) is 5.91 Å². The predicted molar refractivity (Wildman–Crippen MR) is 106 cm³/mol. The molecule has 28 heavy (non-hydrogen) atoms. The van der Waals surface area contributed by atoms with Gasteiger partial charge >= 0.3 is 0 Å². The second-order valence-corrected chi connectivity index (χ2v) is 6.15. The fraction of sp³-hybridized carbons (Fsp3) is 0.263. The maximum Gasteiger partial charge on any atom is 0.260 e. The number of nitrogen functional groups attached to an aromatic ring is 1. The molecular weight excluding hydrogens is 360 g/mol. The highest BCUT2D eigenvalue weighted by Gasteiger charge is 2.22. The summed E-state index contributed by atoms with van der Waals surface area (Å²) in [5, 5.41) is 2.60. The monoisotopic (exact) mass is 382 g/mol. The highest BCUT2D eigenvalue weighted by atomic mass is 16.5. The maximum absolute atomic E-state index is 12.4. The van der Waals surface area contributed by atoms with Crippen LogP contribution >= 0.6 is 0 Å². The SMILES string of the molecule is C=CC(=O)Nc1cc(OCC(=O)N2CCN(c3ncccn3)CC2)ccc1N. The van der Waals surface area contributed by atoms with Gasteiger partial charge < -0.3 is 25.6 Å². The number of hydrogen-bond donors (Lipinski definition) is 2. The molecule has 9 heteroatoms. The molecule has 2 aromatic rings. The first-order valence-corrected chi connectivity index (χ1v) is 8.82. The van der Waals surface area contributed by atoms with Gasteiger partial charge in [0.05, 0.1) is 11.4 Å². The van der Waals surface area contributed by atoms with Crippen LogP contribution < -0.4 is 20.7 Å². The zero-order valence-corrected chi connectivity index (χ0v) is 15.4. The Morgan fingerprint density at radius 1 is 1.21 bits per heavy atom. The first kappa shape index (κ1) is 19.2. The van der Waals surface area contributed by atoms with Crippen molar-refractivity contribution in [3.05, 3.63) is 49.3 Å². The molecule has 0 unspecified atom stereocenters. The lowest BCUT2D eigenvalue weighted by Gasteiger charge is -2.34. The molecule has 1 aromatic heterocycles. The molecular formula is C19H22N6O3. The van der Waals surface area contributed by atoms with E-state index in [0.717, 1.165) is 6.08 Å². The number of amides is 2. The molecule has 1 aliphatic rings. The zero-order valence-electron chi connectivity index (χ0n) is 15.4. The van der Waals surface area contributed by atoms with E-state index < -0.39 is 0 Å². The topological polar surface area (TPSA) is 114 Å². The summed E-state index contributed by atoms with van der Waals surface area (Å²) in [5.74, 6) is 0.627. The number of nitrogens with one attached hydrogen (secondary N) is 1. The third-order valence-electron chi connectivity index (χ3n) is 4.30. The van der Waals surface area contributed by atoms with Gasteiger partial charge in [0.1, 0.15) is 5.75 Å². The summed E-state index contributed by atoms with van der Waals surface area (Å²) in [7, 11) is 0. The third-order valence-corrected chi connectivity index (χ3v) is 4.30. The summed E-state index contributed by atoms with van der Waals surface area (Å²) >= 11 is 0. The quantitative estimate of drug-likeness (QED) is 0.564. The Hall–Kier alpha value is -3.62. The minimum Gasteiger partial charge on any atom is -0.484 e. The van der Waals surface area contributed by atoms with Crippen LogP contribution in [-0.2, 0) is 9.59 Å². The minimum atomic E-state index is -0.375. The zero-order chi connectivity index (χ0) is 19.9. The normalized spacial score (nSPS) is 13.7. The number of carbonyl (C=O) groups excluding carboxylic acids is 2. The van der Waals surface area contributed by atoms with E-state index in [4.69, 9.17) is 10.5 Å². The number of hydrogen-bond acceptors (Lipinski definition) is 7. The van der Waals surface area contributed by atoms with Crippen molar-refractivity contribution in [1.29, 1.82) is 0 Å². The Morgan fingerprint density at radius 3 is 2.61 bits per heavy atom. The lowest BCUT2D eigenvalue weighted by atomic mass is 10.2. The van der Waals surface area contributed by atoms with Gasteiger partial charge in [-0.15, -0.1) is 0 Å². The van der Waals surface area contributed by atoms with E-state index in [-0.39, 0.29) is 18.4 Å². The van der Waals surface area contributed by atoms with E-state index in [1.807, 2.05) is 4.90 Å². The second kappa shape index (κ2) is 8.85. The highest BCUT2D eigenvalue weighted by Crippen LogP contribution is 2.24. The molecule has 0 saturated carbocycles. The van der Waals surface area contributed by atoms with Crippen LogP contribution in [0, 0.1) is 0 Å². The number of anilines is 3. The van der Waals surface area contributed by atoms with E-state index in [2.05, 4.69) is 21.9 Å². The Morgan fingerprint density at radius 2 is 1.93 bits per heavy atom. The van der Waals surface area contributed by atoms with Gasteiger partial charge in [-0.1, -0.05) is 6.58 Å². The van der Waals surface area contributed by atoms with Crippen molar-refractivity contribution < 1.29 is 14.3 Å². The number of carbonyl (C=O) groups is 2.